The van der Waals surface area contributed by atoms with Gasteiger partial charge in [0.25, 0.3) is 5.91 Å². The number of aryl methyl sites for hydroxylation is 4. The third-order valence-electron chi connectivity index (χ3n) is 5.17. The molecule has 1 amide bonds. The van der Waals surface area contributed by atoms with Crippen LogP contribution in [0.3, 0.4) is 0 Å². The molecule has 0 atom stereocenters. The summed E-state index contributed by atoms with van der Waals surface area (Å²) in [6.07, 6.45) is 0. The quantitative estimate of drug-likeness (QED) is 0.365. The number of carbonyl (C=O) groups is 1. The summed E-state index contributed by atoms with van der Waals surface area (Å²) in [5.41, 5.74) is 2.66. The summed E-state index contributed by atoms with van der Waals surface area (Å²) in [7, 11) is 4.92. The van der Waals surface area contributed by atoms with Gasteiger partial charge in [-0.25, -0.2) is 15.0 Å². The minimum atomic E-state index is -0.391. The number of hydrogen-bond donors (Lipinski definition) is 3. The van der Waals surface area contributed by atoms with E-state index in [2.05, 4.69) is 46.2 Å². The number of ether oxygens (including phenoxy) is 1. The Hall–Kier alpha value is -4.61. The van der Waals surface area contributed by atoms with Gasteiger partial charge < -0.3 is 20.7 Å². The topological polar surface area (TPSA) is 145 Å². The van der Waals surface area contributed by atoms with E-state index in [1.165, 1.54) is 7.05 Å². The van der Waals surface area contributed by atoms with Gasteiger partial charge in [-0.2, -0.15) is 5.10 Å². The molecule has 1 aromatic carbocycles. The van der Waals surface area contributed by atoms with E-state index in [0.29, 0.717) is 46.0 Å². The van der Waals surface area contributed by atoms with Crippen LogP contribution in [0, 0.1) is 20.8 Å². The highest BCUT2D eigenvalue weighted by atomic mass is 16.5. The molecule has 0 spiro atoms. The van der Waals surface area contributed by atoms with Crippen molar-refractivity contribution >= 4 is 28.9 Å². The van der Waals surface area contributed by atoms with Crippen LogP contribution in [0.15, 0.2) is 30.3 Å². The van der Waals surface area contributed by atoms with Gasteiger partial charge in [0.2, 0.25) is 0 Å². The number of rotatable bonds is 7. The molecule has 0 saturated heterocycles. The van der Waals surface area contributed by atoms with Crippen molar-refractivity contribution in [3.63, 3.8) is 0 Å². The first-order valence-electron chi connectivity index (χ1n) is 10.8. The van der Waals surface area contributed by atoms with Crippen molar-refractivity contribution in [1.82, 2.24) is 40.2 Å². The summed E-state index contributed by atoms with van der Waals surface area (Å²) in [6.45, 7) is 5.56. The van der Waals surface area contributed by atoms with Crippen LogP contribution in [0.1, 0.15) is 27.8 Å². The summed E-state index contributed by atoms with van der Waals surface area (Å²) in [6, 6.07) is 9.03. The zero-order chi connectivity index (χ0) is 25.1. The number of hydrogen-bond acceptors (Lipinski definition) is 10. The fourth-order valence-corrected chi connectivity index (χ4v) is 3.50. The number of nitrogens with one attached hydrogen (secondary N) is 3. The van der Waals surface area contributed by atoms with Gasteiger partial charge in [0.1, 0.15) is 17.5 Å². The van der Waals surface area contributed by atoms with Crippen LogP contribution in [0.2, 0.25) is 0 Å². The van der Waals surface area contributed by atoms with E-state index < -0.39 is 5.91 Å². The molecular formula is C23H26N10O2. The van der Waals surface area contributed by atoms with Crippen molar-refractivity contribution < 1.29 is 9.53 Å². The summed E-state index contributed by atoms with van der Waals surface area (Å²) in [5.74, 6) is 3.02. The van der Waals surface area contributed by atoms with E-state index >= 15 is 0 Å². The van der Waals surface area contributed by atoms with Crippen LogP contribution < -0.4 is 20.7 Å². The minimum absolute atomic E-state index is 0.118. The van der Waals surface area contributed by atoms with Crippen LogP contribution in [-0.4, -0.2) is 55.0 Å². The summed E-state index contributed by atoms with van der Waals surface area (Å²) in [4.78, 5) is 25.7. The molecule has 0 unspecified atom stereocenters. The third kappa shape index (κ3) is 5.00. The van der Waals surface area contributed by atoms with Crippen molar-refractivity contribution in [2.75, 3.05) is 24.8 Å². The maximum atomic E-state index is 12.5. The van der Waals surface area contributed by atoms with E-state index in [1.54, 1.807) is 23.9 Å². The van der Waals surface area contributed by atoms with Gasteiger partial charge in [0.15, 0.2) is 23.1 Å². The van der Waals surface area contributed by atoms with Crippen molar-refractivity contribution in [3.8, 4) is 17.1 Å². The summed E-state index contributed by atoms with van der Waals surface area (Å²) >= 11 is 0. The highest BCUT2D eigenvalue weighted by Gasteiger charge is 2.19. The SMILES string of the molecule is CNC(=O)c1nnc(Nc2cc(C)nc(C)n2)cc1Nc1cccc(-c2nc(C)n(C)n2)c1OC. The molecule has 3 heterocycles. The Bertz CT molecular complexity index is 1360. The third-order valence-corrected chi connectivity index (χ3v) is 5.17. The van der Waals surface area contributed by atoms with Crippen LogP contribution >= 0.6 is 0 Å². The molecule has 3 N–H and O–H groups in total. The second-order valence-corrected chi connectivity index (χ2v) is 7.76. The smallest absolute Gasteiger partial charge is 0.273 e. The maximum Gasteiger partial charge on any atom is 0.273 e. The monoisotopic (exact) mass is 474 g/mol. The second-order valence-electron chi connectivity index (χ2n) is 7.76. The molecule has 0 bridgehead atoms. The fourth-order valence-electron chi connectivity index (χ4n) is 3.50. The largest absolute Gasteiger partial charge is 0.494 e. The molecule has 4 rings (SSSR count). The predicted octanol–water partition coefficient (Wildman–Crippen LogP) is 2.84. The standard InChI is InChI=1S/C23H26N10O2/c1-12-10-18(26-13(2)25-12)29-19-11-17(20(31-30-19)23(34)24-4)28-16-9-7-8-15(21(16)35-6)22-27-14(3)33(5)32-22/h7-11H,1-6H3,(H,24,34)(H2,25,26,28,29,30). The first-order chi connectivity index (χ1) is 16.8. The van der Waals surface area contributed by atoms with Crippen LogP contribution in [0.25, 0.3) is 11.4 Å². The van der Waals surface area contributed by atoms with E-state index in [0.717, 1.165) is 11.5 Å². The Kier molecular flexibility index (Phi) is 6.53. The normalized spacial score (nSPS) is 10.7. The molecule has 0 saturated carbocycles. The zero-order valence-electron chi connectivity index (χ0n) is 20.3. The number of benzene rings is 1. The molecule has 12 heteroatoms. The Labute approximate surface area is 202 Å². The van der Waals surface area contributed by atoms with Gasteiger partial charge in [-0.3, -0.25) is 9.48 Å². The van der Waals surface area contributed by atoms with Crippen molar-refractivity contribution in [3.05, 3.63) is 53.4 Å². The van der Waals surface area contributed by atoms with Gasteiger partial charge in [0, 0.05) is 31.9 Å². The number of amides is 1. The van der Waals surface area contributed by atoms with Gasteiger partial charge in [-0.1, -0.05) is 6.07 Å². The molecule has 0 radical (unpaired) electrons. The zero-order valence-corrected chi connectivity index (χ0v) is 20.3. The summed E-state index contributed by atoms with van der Waals surface area (Å²) < 4.78 is 7.40. The Morgan fingerprint density at radius 2 is 1.77 bits per heavy atom. The van der Waals surface area contributed by atoms with E-state index in [1.807, 2.05) is 46.0 Å². The highest BCUT2D eigenvalue weighted by molar-refractivity contribution is 5.99. The Morgan fingerprint density at radius 3 is 2.43 bits per heavy atom. The molecule has 180 valence electrons. The molecule has 4 aromatic rings. The average Bonchev–Trinajstić information content (AvgIpc) is 3.16. The Morgan fingerprint density at radius 1 is 0.971 bits per heavy atom. The van der Waals surface area contributed by atoms with Crippen LogP contribution in [0.5, 0.6) is 5.75 Å². The van der Waals surface area contributed by atoms with Crippen LogP contribution in [0.4, 0.5) is 23.0 Å². The first-order valence-corrected chi connectivity index (χ1v) is 10.8. The number of para-hydroxylation sites is 1. The Balaban J connectivity index is 1.75. The van der Waals surface area contributed by atoms with Gasteiger partial charge in [-0.05, 0) is 32.9 Å². The molecule has 0 fully saturated rings. The maximum absolute atomic E-state index is 12.5. The van der Waals surface area contributed by atoms with Gasteiger partial charge >= 0.3 is 0 Å². The highest BCUT2D eigenvalue weighted by Crippen LogP contribution is 2.37. The van der Waals surface area contributed by atoms with E-state index in [-0.39, 0.29) is 5.69 Å². The molecule has 0 aliphatic carbocycles. The molecular weight excluding hydrogens is 448 g/mol. The number of nitrogens with zero attached hydrogens (tertiary/aromatic N) is 7. The fraction of sp³-hybridized carbons (Fsp3) is 0.261. The number of anilines is 4. The number of carbonyl (C=O) groups excluding carboxylic acids is 1. The summed E-state index contributed by atoms with van der Waals surface area (Å²) in [5, 5.41) is 21.7. The van der Waals surface area contributed by atoms with Crippen molar-refractivity contribution in [2.24, 2.45) is 7.05 Å². The average molecular weight is 475 g/mol. The lowest BCUT2D eigenvalue weighted by atomic mass is 10.1. The lowest BCUT2D eigenvalue weighted by molar-refractivity contribution is 0.0958. The number of methoxy groups -OCH3 is 1. The van der Waals surface area contributed by atoms with E-state index in [9.17, 15) is 4.79 Å². The van der Waals surface area contributed by atoms with Gasteiger partial charge in [-0.15, -0.1) is 10.2 Å². The van der Waals surface area contributed by atoms with Crippen LogP contribution in [-0.2, 0) is 7.05 Å². The molecule has 3 aromatic heterocycles. The molecule has 0 aliphatic rings. The lowest BCUT2D eigenvalue weighted by Gasteiger charge is -2.16. The minimum Gasteiger partial charge on any atom is -0.494 e. The lowest BCUT2D eigenvalue weighted by Crippen LogP contribution is -2.21. The van der Waals surface area contributed by atoms with Crippen molar-refractivity contribution in [2.45, 2.75) is 20.8 Å². The number of aromatic nitrogens is 7. The molecule has 0 aliphatic heterocycles. The first kappa shape index (κ1) is 23.5. The van der Waals surface area contributed by atoms with E-state index in [4.69, 9.17) is 4.74 Å². The second kappa shape index (κ2) is 9.71. The molecule has 12 nitrogen and oxygen atoms in total. The molecule has 35 heavy (non-hydrogen) atoms. The van der Waals surface area contributed by atoms with Crippen molar-refractivity contribution in [1.29, 1.82) is 0 Å². The predicted molar refractivity (Wildman–Crippen MR) is 131 cm³/mol. The van der Waals surface area contributed by atoms with Gasteiger partial charge in [0.05, 0.1) is 24.0 Å².